The van der Waals surface area contributed by atoms with Crippen molar-refractivity contribution in [1.82, 2.24) is 9.97 Å². The Hall–Kier alpha value is -4.90. The fourth-order valence-corrected chi connectivity index (χ4v) is 9.42. The molecule has 2 aliphatic rings. The van der Waals surface area contributed by atoms with Crippen LogP contribution < -0.4 is 0 Å². The first kappa shape index (κ1) is 26.5. The van der Waals surface area contributed by atoms with Crippen LogP contribution in [0.15, 0.2) is 178 Å². The third-order valence-electron chi connectivity index (χ3n) is 8.94. The molecule has 0 radical (unpaired) electrons. The van der Waals surface area contributed by atoms with Crippen LogP contribution in [-0.4, -0.2) is 9.97 Å². The van der Waals surface area contributed by atoms with Gasteiger partial charge in [0.2, 0.25) is 0 Å². The molecular formula is C41H26N2S2. The monoisotopic (exact) mass is 610 g/mol. The molecule has 0 N–H and O–H groups in total. The van der Waals surface area contributed by atoms with Crippen molar-refractivity contribution in [3.63, 3.8) is 0 Å². The number of pyridine rings is 2. The molecule has 0 saturated carbocycles. The Balaban J connectivity index is 1.28. The maximum atomic E-state index is 4.67. The van der Waals surface area contributed by atoms with Crippen LogP contribution in [0.4, 0.5) is 0 Å². The highest BCUT2D eigenvalue weighted by molar-refractivity contribution is 8.00. The van der Waals surface area contributed by atoms with Gasteiger partial charge in [0.1, 0.15) is 0 Å². The molecule has 1 unspecified atom stereocenters. The summed E-state index contributed by atoms with van der Waals surface area (Å²) >= 11 is 3.75. The van der Waals surface area contributed by atoms with E-state index in [1.54, 1.807) is 0 Å². The van der Waals surface area contributed by atoms with Gasteiger partial charge in [0.05, 0.1) is 11.1 Å². The SMILES string of the molecule is c1ccc(-c2ccc3c(c2)Sc2ccccc2C32c3ccccc3Sc3cc(-c4cccc(-c5cccnc5)c4)ccc32)nc1. The zero-order valence-electron chi connectivity index (χ0n) is 24.2. The second-order valence-corrected chi connectivity index (χ2v) is 13.6. The lowest BCUT2D eigenvalue weighted by molar-refractivity contribution is 0.667. The molecule has 2 aromatic heterocycles. The summed E-state index contributed by atoms with van der Waals surface area (Å²) in [7, 11) is 0. The molecule has 7 aromatic rings. The predicted octanol–water partition coefficient (Wildman–Crippen LogP) is 10.8. The maximum absolute atomic E-state index is 4.67. The summed E-state index contributed by atoms with van der Waals surface area (Å²) in [6.07, 6.45) is 5.62. The van der Waals surface area contributed by atoms with E-state index in [-0.39, 0.29) is 0 Å². The van der Waals surface area contributed by atoms with Crippen molar-refractivity contribution < 1.29 is 0 Å². The van der Waals surface area contributed by atoms with Gasteiger partial charge in [0.25, 0.3) is 0 Å². The van der Waals surface area contributed by atoms with Crippen LogP contribution in [0.25, 0.3) is 33.5 Å². The fraction of sp³-hybridized carbons (Fsp3) is 0.0244. The minimum atomic E-state index is -0.437. The van der Waals surface area contributed by atoms with Gasteiger partial charge in [0.15, 0.2) is 0 Å². The van der Waals surface area contributed by atoms with Gasteiger partial charge in [-0.05, 0) is 87.5 Å². The first-order valence-corrected chi connectivity index (χ1v) is 16.7. The summed E-state index contributed by atoms with van der Waals surface area (Å²) in [5.74, 6) is 0. The van der Waals surface area contributed by atoms with Crippen molar-refractivity contribution in [1.29, 1.82) is 0 Å². The highest BCUT2D eigenvalue weighted by atomic mass is 32.2. The van der Waals surface area contributed by atoms with Crippen LogP contribution in [0.1, 0.15) is 22.3 Å². The standard InChI is InChI=1S/C41H26N2S2/c1-3-15-37-32(12-1)41(33-13-2-4-16-38(33)45-40-25-30(18-20-35(40)41)36-14-5-6-22-43-36)34-19-17-29(24-39(34)44-37)27-9-7-10-28(23-27)31-11-8-21-42-26-31/h1-26H. The highest BCUT2D eigenvalue weighted by Gasteiger charge is 2.48. The van der Waals surface area contributed by atoms with E-state index in [0.717, 1.165) is 16.8 Å². The van der Waals surface area contributed by atoms with Gasteiger partial charge < -0.3 is 0 Å². The van der Waals surface area contributed by atoms with Crippen LogP contribution in [0.5, 0.6) is 0 Å². The molecule has 0 bridgehead atoms. The average molecular weight is 611 g/mol. The number of aromatic nitrogens is 2. The minimum absolute atomic E-state index is 0.437. The third-order valence-corrected chi connectivity index (χ3v) is 11.2. The van der Waals surface area contributed by atoms with Crippen molar-refractivity contribution in [3.8, 4) is 33.5 Å². The lowest BCUT2D eigenvalue weighted by Gasteiger charge is -2.45. The van der Waals surface area contributed by atoms with Gasteiger partial charge in [-0.1, -0.05) is 115 Å². The molecule has 0 saturated heterocycles. The minimum Gasteiger partial charge on any atom is -0.264 e. The molecule has 4 heteroatoms. The van der Waals surface area contributed by atoms with Gasteiger partial charge in [-0.2, -0.15) is 0 Å². The van der Waals surface area contributed by atoms with Crippen LogP contribution in [-0.2, 0) is 5.41 Å². The molecule has 1 spiro atoms. The summed E-state index contributed by atoms with van der Waals surface area (Å²) in [6, 6.07) is 51.0. The zero-order chi connectivity index (χ0) is 29.8. The van der Waals surface area contributed by atoms with E-state index < -0.39 is 5.41 Å². The molecule has 0 fully saturated rings. The van der Waals surface area contributed by atoms with Crippen LogP contribution in [0.2, 0.25) is 0 Å². The Morgan fingerprint density at radius 3 is 1.64 bits per heavy atom. The van der Waals surface area contributed by atoms with Gasteiger partial charge in [-0.3, -0.25) is 9.97 Å². The molecule has 5 aromatic carbocycles. The molecular weight excluding hydrogens is 585 g/mol. The molecule has 45 heavy (non-hydrogen) atoms. The molecule has 0 amide bonds. The van der Waals surface area contributed by atoms with E-state index in [4.69, 9.17) is 0 Å². The van der Waals surface area contributed by atoms with Crippen LogP contribution >= 0.6 is 23.5 Å². The Bertz CT molecular complexity index is 2220. The topological polar surface area (TPSA) is 25.8 Å². The quantitative estimate of drug-likeness (QED) is 0.199. The van der Waals surface area contributed by atoms with Crippen LogP contribution in [0.3, 0.4) is 0 Å². The number of nitrogens with zero attached hydrogens (tertiary/aromatic N) is 2. The van der Waals surface area contributed by atoms with Crippen LogP contribution in [0, 0.1) is 0 Å². The molecule has 0 aliphatic carbocycles. The molecule has 212 valence electrons. The fourth-order valence-electron chi connectivity index (χ4n) is 6.96. The van der Waals surface area contributed by atoms with E-state index in [1.807, 2.05) is 54.2 Å². The lowest BCUT2D eigenvalue weighted by Crippen LogP contribution is -2.36. The molecule has 4 heterocycles. The number of rotatable bonds is 3. The molecule has 2 nitrogen and oxygen atoms in total. The van der Waals surface area contributed by atoms with E-state index in [0.29, 0.717) is 0 Å². The normalized spacial score (nSPS) is 15.9. The van der Waals surface area contributed by atoms with E-state index >= 15 is 0 Å². The summed E-state index contributed by atoms with van der Waals surface area (Å²) < 4.78 is 0. The summed E-state index contributed by atoms with van der Waals surface area (Å²) in [6.45, 7) is 0. The Morgan fingerprint density at radius 1 is 0.400 bits per heavy atom. The predicted molar refractivity (Wildman–Crippen MR) is 185 cm³/mol. The smallest absolute Gasteiger partial charge is 0.0745 e. The largest absolute Gasteiger partial charge is 0.264 e. The second kappa shape index (κ2) is 10.6. The summed E-state index contributed by atoms with van der Waals surface area (Å²) in [5, 5.41) is 0. The zero-order valence-corrected chi connectivity index (χ0v) is 25.9. The van der Waals surface area contributed by atoms with E-state index in [1.165, 1.54) is 58.5 Å². The third kappa shape index (κ3) is 4.21. The van der Waals surface area contributed by atoms with Crippen molar-refractivity contribution >= 4 is 23.5 Å². The highest BCUT2D eigenvalue weighted by Crippen LogP contribution is 2.62. The Kier molecular flexibility index (Phi) is 6.25. The summed E-state index contributed by atoms with van der Waals surface area (Å²) in [4.78, 5) is 14.2. The molecule has 2 aliphatic heterocycles. The number of benzene rings is 5. The summed E-state index contributed by atoms with van der Waals surface area (Å²) in [5.41, 5.74) is 11.7. The van der Waals surface area contributed by atoms with Gasteiger partial charge in [-0.15, -0.1) is 0 Å². The van der Waals surface area contributed by atoms with Crippen molar-refractivity contribution in [2.24, 2.45) is 0 Å². The van der Waals surface area contributed by atoms with E-state index in [2.05, 4.69) is 137 Å². The van der Waals surface area contributed by atoms with E-state index in [9.17, 15) is 0 Å². The maximum Gasteiger partial charge on any atom is 0.0745 e. The van der Waals surface area contributed by atoms with Gasteiger partial charge >= 0.3 is 0 Å². The van der Waals surface area contributed by atoms with Crippen molar-refractivity contribution in [3.05, 3.63) is 180 Å². The average Bonchev–Trinajstić information content (AvgIpc) is 3.12. The Labute approximate surface area is 271 Å². The van der Waals surface area contributed by atoms with Crippen molar-refractivity contribution in [2.45, 2.75) is 25.0 Å². The second-order valence-electron chi connectivity index (χ2n) is 11.4. The first-order chi connectivity index (χ1) is 22.3. The molecule has 1 atom stereocenters. The molecule has 9 rings (SSSR count). The Morgan fingerprint density at radius 2 is 0.978 bits per heavy atom. The van der Waals surface area contributed by atoms with Crippen molar-refractivity contribution in [2.75, 3.05) is 0 Å². The van der Waals surface area contributed by atoms with Gasteiger partial charge in [-0.25, -0.2) is 0 Å². The van der Waals surface area contributed by atoms with Gasteiger partial charge in [0, 0.05) is 49.3 Å². The lowest BCUT2D eigenvalue weighted by atomic mass is 9.64. The number of hydrogen-bond donors (Lipinski definition) is 0. The number of hydrogen-bond acceptors (Lipinski definition) is 4. The first-order valence-electron chi connectivity index (χ1n) is 15.0. The number of fused-ring (bicyclic) bond motifs is 8.